The van der Waals surface area contributed by atoms with Gasteiger partial charge in [0.2, 0.25) is 0 Å². The Bertz CT molecular complexity index is 403. The Morgan fingerprint density at radius 2 is 1.94 bits per heavy atom. The largest absolute Gasteiger partial charge is 0.367 e. The molecular formula is C17H22N. The molecule has 0 saturated carbocycles. The maximum absolute atomic E-state index is 3.24. The van der Waals surface area contributed by atoms with Crippen LogP contribution in [0.1, 0.15) is 38.2 Å². The van der Waals surface area contributed by atoms with Crippen molar-refractivity contribution >= 4 is 5.70 Å². The lowest BCUT2D eigenvalue weighted by molar-refractivity contribution is 0.413. The molecule has 1 aliphatic heterocycles. The molecule has 0 aliphatic carbocycles. The summed E-state index contributed by atoms with van der Waals surface area (Å²) in [6, 6.07) is 10.6. The quantitative estimate of drug-likeness (QED) is 0.671. The van der Waals surface area contributed by atoms with Crippen LogP contribution in [0.2, 0.25) is 0 Å². The average Bonchev–Trinajstić information content (AvgIpc) is 2.45. The van der Waals surface area contributed by atoms with Crippen LogP contribution in [0.5, 0.6) is 0 Å². The molecule has 1 aromatic carbocycles. The van der Waals surface area contributed by atoms with Gasteiger partial charge in [0.05, 0.1) is 0 Å². The van der Waals surface area contributed by atoms with Crippen molar-refractivity contribution in [2.45, 2.75) is 32.6 Å². The van der Waals surface area contributed by atoms with Gasteiger partial charge in [0, 0.05) is 18.8 Å². The molecular weight excluding hydrogens is 218 g/mol. The molecule has 1 heteroatoms. The second kappa shape index (κ2) is 7.05. The fraction of sp³-hybridized carbons (Fsp3) is 0.412. The Morgan fingerprint density at radius 3 is 2.72 bits per heavy atom. The first-order valence-corrected chi connectivity index (χ1v) is 7.00. The van der Waals surface area contributed by atoms with Crippen LogP contribution in [-0.2, 0) is 0 Å². The summed E-state index contributed by atoms with van der Waals surface area (Å²) in [6.45, 7) is 4.40. The molecule has 0 fully saturated rings. The monoisotopic (exact) mass is 240 g/mol. The van der Waals surface area contributed by atoms with Gasteiger partial charge in [-0.15, -0.1) is 0 Å². The van der Waals surface area contributed by atoms with E-state index in [-0.39, 0.29) is 0 Å². The maximum Gasteiger partial charge on any atom is 0.0448 e. The summed E-state index contributed by atoms with van der Waals surface area (Å²) in [6.07, 6.45) is 12.7. The highest BCUT2D eigenvalue weighted by molar-refractivity contribution is 5.66. The summed E-state index contributed by atoms with van der Waals surface area (Å²) in [5.74, 6) is 0. The van der Waals surface area contributed by atoms with Crippen molar-refractivity contribution in [3.05, 3.63) is 54.1 Å². The van der Waals surface area contributed by atoms with Crippen molar-refractivity contribution in [3.63, 3.8) is 0 Å². The summed E-state index contributed by atoms with van der Waals surface area (Å²) >= 11 is 0. The zero-order valence-electron chi connectivity index (χ0n) is 11.2. The predicted octanol–water partition coefficient (Wildman–Crippen LogP) is 4.28. The van der Waals surface area contributed by atoms with Gasteiger partial charge in [-0.25, -0.2) is 0 Å². The minimum absolute atomic E-state index is 0.993. The maximum atomic E-state index is 3.24. The lowest BCUT2D eigenvalue weighted by Crippen LogP contribution is -2.25. The number of hydrogen-bond acceptors (Lipinski definition) is 1. The third kappa shape index (κ3) is 3.49. The highest BCUT2D eigenvalue weighted by Gasteiger charge is 2.11. The summed E-state index contributed by atoms with van der Waals surface area (Å²) in [4.78, 5) is 2.46. The first-order valence-electron chi connectivity index (χ1n) is 7.00. The van der Waals surface area contributed by atoms with Gasteiger partial charge in [-0.1, -0.05) is 62.6 Å². The number of nitrogens with zero attached hydrogens (tertiary/aromatic N) is 1. The number of allylic oxidation sites excluding steroid dienone is 2. The molecule has 1 radical (unpaired) electrons. The normalized spacial score (nSPS) is 14.7. The van der Waals surface area contributed by atoms with E-state index in [0.717, 1.165) is 13.1 Å². The molecule has 0 bridgehead atoms. The molecule has 0 atom stereocenters. The first kappa shape index (κ1) is 12.9. The average molecular weight is 240 g/mol. The lowest BCUT2D eigenvalue weighted by Gasteiger charge is -2.28. The van der Waals surface area contributed by atoms with E-state index in [2.05, 4.69) is 60.4 Å². The van der Waals surface area contributed by atoms with Crippen LogP contribution in [0.15, 0.2) is 42.5 Å². The fourth-order valence-corrected chi connectivity index (χ4v) is 2.31. The van der Waals surface area contributed by atoms with E-state index >= 15 is 0 Å². The van der Waals surface area contributed by atoms with Gasteiger partial charge in [0.15, 0.2) is 0 Å². The number of hydrogen-bond donors (Lipinski definition) is 0. The highest BCUT2D eigenvalue weighted by Crippen LogP contribution is 2.22. The molecule has 1 heterocycles. The third-order valence-corrected chi connectivity index (χ3v) is 3.34. The molecule has 0 unspecified atom stereocenters. The number of benzene rings is 1. The van der Waals surface area contributed by atoms with Crippen molar-refractivity contribution in [1.82, 2.24) is 4.90 Å². The van der Waals surface area contributed by atoms with Crippen LogP contribution >= 0.6 is 0 Å². The van der Waals surface area contributed by atoms with E-state index in [0.29, 0.717) is 0 Å². The standard InChI is InChI=1S/C17H22N/c1-2-3-4-9-14-18-15-10-8-13-17(18)16-11-6-5-7-12-16/h5-7,10-13H,2-4,9,14-15H2,1H3. The summed E-state index contributed by atoms with van der Waals surface area (Å²) in [5.41, 5.74) is 2.61. The SMILES string of the molecule is CCCCCCN1CC=[C]C=C1c1ccccc1. The Labute approximate surface area is 111 Å². The summed E-state index contributed by atoms with van der Waals surface area (Å²) in [7, 11) is 0. The van der Waals surface area contributed by atoms with E-state index in [1.807, 2.05) is 0 Å². The zero-order valence-corrected chi connectivity index (χ0v) is 11.2. The van der Waals surface area contributed by atoms with Crippen LogP contribution in [0.4, 0.5) is 0 Å². The van der Waals surface area contributed by atoms with Crippen LogP contribution < -0.4 is 0 Å². The smallest absolute Gasteiger partial charge is 0.0448 e. The molecule has 0 spiro atoms. The molecule has 0 N–H and O–H groups in total. The van der Waals surface area contributed by atoms with Crippen LogP contribution in [-0.4, -0.2) is 18.0 Å². The van der Waals surface area contributed by atoms with Gasteiger partial charge in [-0.3, -0.25) is 0 Å². The first-order chi connectivity index (χ1) is 8.92. The highest BCUT2D eigenvalue weighted by atomic mass is 15.1. The summed E-state index contributed by atoms with van der Waals surface area (Å²) in [5, 5.41) is 0. The molecule has 1 aromatic rings. The minimum Gasteiger partial charge on any atom is -0.367 e. The van der Waals surface area contributed by atoms with E-state index < -0.39 is 0 Å². The molecule has 1 aliphatic rings. The second-order valence-corrected chi connectivity index (χ2v) is 4.77. The van der Waals surface area contributed by atoms with Crippen LogP contribution in [0.3, 0.4) is 0 Å². The molecule has 2 rings (SSSR count). The topological polar surface area (TPSA) is 3.24 Å². The molecule has 95 valence electrons. The van der Waals surface area contributed by atoms with Crippen molar-refractivity contribution < 1.29 is 0 Å². The molecule has 0 saturated heterocycles. The number of unbranched alkanes of at least 4 members (excludes halogenated alkanes) is 3. The van der Waals surface area contributed by atoms with E-state index in [9.17, 15) is 0 Å². The van der Waals surface area contributed by atoms with E-state index in [4.69, 9.17) is 0 Å². The van der Waals surface area contributed by atoms with Gasteiger partial charge in [-0.05, 0) is 24.1 Å². The zero-order chi connectivity index (χ0) is 12.6. The number of rotatable bonds is 6. The van der Waals surface area contributed by atoms with Crippen LogP contribution in [0, 0.1) is 6.08 Å². The molecule has 0 aromatic heterocycles. The van der Waals surface area contributed by atoms with Gasteiger partial charge in [-0.2, -0.15) is 0 Å². The molecule has 0 amide bonds. The van der Waals surface area contributed by atoms with Crippen molar-refractivity contribution in [2.24, 2.45) is 0 Å². The molecule has 1 nitrogen and oxygen atoms in total. The Kier molecular flexibility index (Phi) is 5.07. The Hall–Kier alpha value is -1.50. The van der Waals surface area contributed by atoms with Gasteiger partial charge in [0.1, 0.15) is 0 Å². The van der Waals surface area contributed by atoms with Crippen molar-refractivity contribution in [1.29, 1.82) is 0 Å². The van der Waals surface area contributed by atoms with E-state index in [1.54, 1.807) is 0 Å². The third-order valence-electron chi connectivity index (χ3n) is 3.34. The Morgan fingerprint density at radius 1 is 1.11 bits per heavy atom. The van der Waals surface area contributed by atoms with Gasteiger partial charge in [0.25, 0.3) is 0 Å². The predicted molar refractivity (Wildman–Crippen MR) is 77.9 cm³/mol. The Balaban J connectivity index is 1.98. The lowest BCUT2D eigenvalue weighted by atomic mass is 10.1. The van der Waals surface area contributed by atoms with Gasteiger partial charge >= 0.3 is 0 Å². The van der Waals surface area contributed by atoms with Crippen molar-refractivity contribution in [3.8, 4) is 0 Å². The fourth-order valence-electron chi connectivity index (χ4n) is 2.31. The van der Waals surface area contributed by atoms with E-state index in [1.165, 1.54) is 36.9 Å². The van der Waals surface area contributed by atoms with Crippen LogP contribution in [0.25, 0.3) is 5.70 Å². The minimum atomic E-state index is 0.993. The van der Waals surface area contributed by atoms with Gasteiger partial charge < -0.3 is 4.90 Å². The summed E-state index contributed by atoms with van der Waals surface area (Å²) < 4.78 is 0. The van der Waals surface area contributed by atoms with Crippen molar-refractivity contribution in [2.75, 3.05) is 13.1 Å². The molecule has 18 heavy (non-hydrogen) atoms. The second-order valence-electron chi connectivity index (χ2n) is 4.77.